The van der Waals surface area contributed by atoms with Gasteiger partial charge in [0.05, 0.1) is 12.8 Å². The number of methoxy groups -OCH3 is 1. The summed E-state index contributed by atoms with van der Waals surface area (Å²) in [4.78, 5) is 16.2. The summed E-state index contributed by atoms with van der Waals surface area (Å²) < 4.78 is 5.18. The van der Waals surface area contributed by atoms with Crippen molar-refractivity contribution in [1.29, 1.82) is 0 Å². The standard InChI is InChI=1S/C14H15N3O2/c1-9-7-10(8-13(15)16-9)14(18)17-11-5-3-4-6-12(11)19-2/h3-8H,1-2H3,(H2,15,16)(H,17,18). The van der Waals surface area contributed by atoms with Crippen LogP contribution in [0, 0.1) is 6.92 Å². The molecule has 0 radical (unpaired) electrons. The average Bonchev–Trinajstić information content (AvgIpc) is 2.38. The highest BCUT2D eigenvalue weighted by atomic mass is 16.5. The Kier molecular flexibility index (Phi) is 3.66. The van der Waals surface area contributed by atoms with Gasteiger partial charge in [0.1, 0.15) is 11.6 Å². The van der Waals surface area contributed by atoms with Crippen molar-refractivity contribution >= 4 is 17.4 Å². The van der Waals surface area contributed by atoms with Gasteiger partial charge in [-0.1, -0.05) is 12.1 Å². The monoisotopic (exact) mass is 257 g/mol. The van der Waals surface area contributed by atoms with Gasteiger partial charge in [-0.25, -0.2) is 4.98 Å². The molecule has 98 valence electrons. The molecule has 0 unspecified atom stereocenters. The first kappa shape index (κ1) is 12.9. The van der Waals surface area contributed by atoms with Crippen LogP contribution in [0.4, 0.5) is 11.5 Å². The summed E-state index contributed by atoms with van der Waals surface area (Å²) in [6.07, 6.45) is 0. The number of nitrogens with zero attached hydrogens (tertiary/aromatic N) is 1. The molecule has 1 heterocycles. The van der Waals surface area contributed by atoms with E-state index < -0.39 is 0 Å². The van der Waals surface area contributed by atoms with Crippen LogP contribution in [-0.4, -0.2) is 18.0 Å². The van der Waals surface area contributed by atoms with Crippen molar-refractivity contribution in [2.75, 3.05) is 18.2 Å². The van der Waals surface area contributed by atoms with E-state index in [0.29, 0.717) is 28.5 Å². The maximum atomic E-state index is 12.1. The molecule has 0 aliphatic rings. The van der Waals surface area contributed by atoms with E-state index in [1.54, 1.807) is 32.2 Å². The summed E-state index contributed by atoms with van der Waals surface area (Å²) in [6, 6.07) is 10.4. The summed E-state index contributed by atoms with van der Waals surface area (Å²) in [7, 11) is 1.56. The van der Waals surface area contributed by atoms with Gasteiger partial charge in [0.15, 0.2) is 0 Å². The summed E-state index contributed by atoms with van der Waals surface area (Å²) in [5.74, 6) is 0.682. The molecule has 3 N–H and O–H groups in total. The number of ether oxygens (including phenoxy) is 1. The van der Waals surface area contributed by atoms with Crippen LogP contribution in [-0.2, 0) is 0 Å². The molecule has 0 aliphatic heterocycles. The van der Waals surface area contributed by atoms with E-state index in [0.717, 1.165) is 0 Å². The third kappa shape index (κ3) is 3.01. The van der Waals surface area contributed by atoms with Crippen LogP contribution in [0.3, 0.4) is 0 Å². The number of aromatic nitrogens is 1. The molecule has 0 aliphatic carbocycles. The molecular weight excluding hydrogens is 242 g/mol. The van der Waals surface area contributed by atoms with Gasteiger partial charge in [0.2, 0.25) is 0 Å². The number of hydrogen-bond donors (Lipinski definition) is 2. The Balaban J connectivity index is 2.25. The van der Waals surface area contributed by atoms with E-state index in [9.17, 15) is 4.79 Å². The lowest BCUT2D eigenvalue weighted by atomic mass is 10.2. The molecule has 0 bridgehead atoms. The van der Waals surface area contributed by atoms with Gasteiger partial charge >= 0.3 is 0 Å². The Bertz CT molecular complexity index is 591. The SMILES string of the molecule is COc1ccccc1NC(=O)c1cc(C)nc(N)c1. The fourth-order valence-electron chi connectivity index (χ4n) is 1.77. The zero-order chi connectivity index (χ0) is 13.8. The predicted octanol–water partition coefficient (Wildman–Crippen LogP) is 2.23. The molecule has 5 heteroatoms. The third-order valence-corrected chi connectivity index (χ3v) is 2.59. The molecule has 0 fully saturated rings. The summed E-state index contributed by atoms with van der Waals surface area (Å²) in [5.41, 5.74) is 7.41. The highest BCUT2D eigenvalue weighted by molar-refractivity contribution is 6.05. The first-order valence-corrected chi connectivity index (χ1v) is 5.78. The summed E-state index contributed by atoms with van der Waals surface area (Å²) in [6.45, 7) is 1.79. The Morgan fingerprint density at radius 2 is 2.05 bits per heavy atom. The number of carbonyl (C=O) groups excluding carboxylic acids is 1. The number of nitrogens with two attached hydrogens (primary N) is 1. The normalized spacial score (nSPS) is 10.0. The smallest absolute Gasteiger partial charge is 0.255 e. The van der Waals surface area contributed by atoms with Crippen LogP contribution in [0.1, 0.15) is 16.1 Å². The van der Waals surface area contributed by atoms with Gasteiger partial charge in [0, 0.05) is 11.3 Å². The highest BCUT2D eigenvalue weighted by Crippen LogP contribution is 2.23. The Hall–Kier alpha value is -2.56. The third-order valence-electron chi connectivity index (χ3n) is 2.59. The van der Waals surface area contributed by atoms with Crippen LogP contribution in [0.2, 0.25) is 0 Å². The minimum Gasteiger partial charge on any atom is -0.495 e. The lowest BCUT2D eigenvalue weighted by Crippen LogP contribution is -2.13. The number of amides is 1. The summed E-state index contributed by atoms with van der Waals surface area (Å²) >= 11 is 0. The molecule has 19 heavy (non-hydrogen) atoms. The number of para-hydroxylation sites is 2. The minimum atomic E-state index is -0.248. The zero-order valence-corrected chi connectivity index (χ0v) is 10.8. The number of carbonyl (C=O) groups is 1. The molecule has 1 aromatic heterocycles. The fraction of sp³-hybridized carbons (Fsp3) is 0.143. The molecule has 0 spiro atoms. The van der Waals surface area contributed by atoms with Gasteiger partial charge in [-0.05, 0) is 31.2 Å². The molecule has 2 rings (SSSR count). The Morgan fingerprint density at radius 3 is 2.74 bits per heavy atom. The van der Waals surface area contributed by atoms with Gasteiger partial charge in [-0.3, -0.25) is 4.79 Å². The van der Waals surface area contributed by atoms with Crippen molar-refractivity contribution in [3.63, 3.8) is 0 Å². The zero-order valence-electron chi connectivity index (χ0n) is 10.8. The van der Waals surface area contributed by atoms with Crippen molar-refractivity contribution in [2.45, 2.75) is 6.92 Å². The maximum Gasteiger partial charge on any atom is 0.255 e. The van der Waals surface area contributed by atoms with E-state index in [1.807, 2.05) is 12.1 Å². The lowest BCUT2D eigenvalue weighted by molar-refractivity contribution is 0.102. The first-order valence-electron chi connectivity index (χ1n) is 5.78. The molecule has 2 aromatic rings. The number of pyridine rings is 1. The molecule has 0 saturated carbocycles. The van der Waals surface area contributed by atoms with Crippen LogP contribution < -0.4 is 15.8 Å². The number of aryl methyl sites for hydroxylation is 1. The van der Waals surface area contributed by atoms with Crippen molar-refractivity contribution in [1.82, 2.24) is 4.98 Å². The van der Waals surface area contributed by atoms with Crippen LogP contribution >= 0.6 is 0 Å². The fourth-order valence-corrected chi connectivity index (χ4v) is 1.77. The minimum absolute atomic E-state index is 0.248. The summed E-state index contributed by atoms with van der Waals surface area (Å²) in [5, 5.41) is 2.78. The number of nitrogens with one attached hydrogen (secondary N) is 1. The van der Waals surface area contributed by atoms with E-state index in [1.165, 1.54) is 6.07 Å². The molecule has 0 saturated heterocycles. The predicted molar refractivity (Wildman–Crippen MR) is 74.3 cm³/mol. The van der Waals surface area contributed by atoms with Crippen molar-refractivity contribution in [3.8, 4) is 5.75 Å². The Labute approximate surface area is 111 Å². The van der Waals surface area contributed by atoms with E-state index in [4.69, 9.17) is 10.5 Å². The molecule has 0 atom stereocenters. The molecular formula is C14H15N3O2. The number of nitrogen functional groups attached to an aromatic ring is 1. The first-order chi connectivity index (χ1) is 9.10. The average molecular weight is 257 g/mol. The second-order valence-corrected chi connectivity index (χ2v) is 4.08. The largest absolute Gasteiger partial charge is 0.495 e. The van der Waals surface area contributed by atoms with Crippen molar-refractivity contribution < 1.29 is 9.53 Å². The number of rotatable bonds is 3. The maximum absolute atomic E-state index is 12.1. The van der Waals surface area contributed by atoms with Crippen LogP contribution in [0.15, 0.2) is 36.4 Å². The molecule has 1 amide bonds. The molecule has 1 aromatic carbocycles. The van der Waals surface area contributed by atoms with Crippen LogP contribution in [0.5, 0.6) is 5.75 Å². The second kappa shape index (κ2) is 5.39. The van der Waals surface area contributed by atoms with Crippen molar-refractivity contribution in [2.24, 2.45) is 0 Å². The van der Waals surface area contributed by atoms with E-state index in [2.05, 4.69) is 10.3 Å². The highest BCUT2D eigenvalue weighted by Gasteiger charge is 2.10. The number of anilines is 2. The van der Waals surface area contributed by atoms with E-state index >= 15 is 0 Å². The van der Waals surface area contributed by atoms with Gasteiger partial charge in [0.25, 0.3) is 5.91 Å². The second-order valence-electron chi connectivity index (χ2n) is 4.08. The topological polar surface area (TPSA) is 77.2 Å². The van der Waals surface area contributed by atoms with Gasteiger partial charge in [-0.2, -0.15) is 0 Å². The number of hydrogen-bond acceptors (Lipinski definition) is 4. The van der Waals surface area contributed by atoms with E-state index in [-0.39, 0.29) is 5.91 Å². The van der Waals surface area contributed by atoms with Crippen molar-refractivity contribution in [3.05, 3.63) is 47.7 Å². The Morgan fingerprint density at radius 1 is 1.32 bits per heavy atom. The van der Waals surface area contributed by atoms with Gasteiger partial charge < -0.3 is 15.8 Å². The lowest BCUT2D eigenvalue weighted by Gasteiger charge is -2.10. The molecule has 5 nitrogen and oxygen atoms in total. The van der Waals surface area contributed by atoms with Gasteiger partial charge in [-0.15, -0.1) is 0 Å². The number of benzene rings is 1. The quantitative estimate of drug-likeness (QED) is 0.884. The van der Waals surface area contributed by atoms with Crippen LogP contribution in [0.25, 0.3) is 0 Å².